The van der Waals surface area contributed by atoms with E-state index >= 15 is 0 Å². The lowest BCUT2D eigenvalue weighted by Gasteiger charge is -2.26. The molecule has 0 saturated carbocycles. The second kappa shape index (κ2) is 3.93. The van der Waals surface area contributed by atoms with Gasteiger partial charge in [-0.3, -0.25) is 4.79 Å². The maximum absolute atomic E-state index is 11.1. The monoisotopic (exact) mass is 189 g/mol. The van der Waals surface area contributed by atoms with Crippen molar-refractivity contribution in [1.29, 1.82) is 0 Å². The molecule has 0 fully saturated rings. The van der Waals surface area contributed by atoms with Crippen molar-refractivity contribution in [3.63, 3.8) is 0 Å². The first-order chi connectivity index (χ1) is 6.77. The number of nitrogens with one attached hydrogen (secondary N) is 1. The van der Waals surface area contributed by atoms with Crippen molar-refractivity contribution in [3.8, 4) is 0 Å². The quantitative estimate of drug-likeness (QED) is 0.769. The topological polar surface area (TPSA) is 29.1 Å². The zero-order valence-corrected chi connectivity index (χ0v) is 8.42. The van der Waals surface area contributed by atoms with Gasteiger partial charge in [-0.05, 0) is 31.0 Å². The van der Waals surface area contributed by atoms with Crippen molar-refractivity contribution in [2.75, 3.05) is 6.54 Å². The number of hydrogen-bond acceptors (Lipinski definition) is 2. The number of Topliss-reactive ketones (excluding diaryl/α,β-unsaturated/α-hetero) is 1. The normalized spacial score (nSPS) is 20.2. The van der Waals surface area contributed by atoms with Crippen LogP contribution in [-0.4, -0.2) is 12.3 Å². The lowest BCUT2D eigenvalue weighted by molar-refractivity contribution is -0.117. The number of carbonyl (C=O) groups is 1. The van der Waals surface area contributed by atoms with Gasteiger partial charge in [0.2, 0.25) is 0 Å². The summed E-state index contributed by atoms with van der Waals surface area (Å²) in [5.74, 6) is 0.249. The maximum atomic E-state index is 11.1. The fourth-order valence-electron chi connectivity index (χ4n) is 2.06. The number of ketones is 1. The molecule has 0 unspecified atom stereocenters. The number of carbonyl (C=O) groups excluding carboxylic acids is 1. The average molecular weight is 189 g/mol. The summed E-state index contributed by atoms with van der Waals surface area (Å²) >= 11 is 0. The smallest absolute Gasteiger partial charge is 0.131 e. The molecule has 0 amide bonds. The van der Waals surface area contributed by atoms with E-state index in [0.29, 0.717) is 6.42 Å². The van der Waals surface area contributed by atoms with E-state index in [2.05, 4.69) is 23.5 Å². The Morgan fingerprint density at radius 1 is 1.50 bits per heavy atom. The standard InChI is InChI=1S/C12H15NO/c1-9(14)8-12-11-5-3-2-4-10(11)6-7-13-12/h2-5,12-13H,6-8H2,1H3/t12-/m1/s1. The third-order valence-electron chi connectivity index (χ3n) is 2.71. The molecule has 1 atom stereocenters. The van der Waals surface area contributed by atoms with E-state index in [9.17, 15) is 4.79 Å². The molecule has 0 bridgehead atoms. The second-order valence-electron chi connectivity index (χ2n) is 3.86. The molecule has 0 radical (unpaired) electrons. The van der Waals surface area contributed by atoms with Crippen LogP contribution in [0.2, 0.25) is 0 Å². The molecule has 74 valence electrons. The van der Waals surface area contributed by atoms with Crippen LogP contribution in [0, 0.1) is 0 Å². The average Bonchev–Trinajstić information content (AvgIpc) is 2.18. The van der Waals surface area contributed by atoms with Gasteiger partial charge in [-0.25, -0.2) is 0 Å². The van der Waals surface area contributed by atoms with Crippen molar-refractivity contribution >= 4 is 5.78 Å². The first kappa shape index (κ1) is 9.41. The van der Waals surface area contributed by atoms with Gasteiger partial charge in [0.25, 0.3) is 0 Å². The van der Waals surface area contributed by atoms with Gasteiger partial charge in [0.15, 0.2) is 0 Å². The summed E-state index contributed by atoms with van der Waals surface area (Å²) in [6.45, 7) is 2.63. The first-order valence-corrected chi connectivity index (χ1v) is 5.08. The zero-order chi connectivity index (χ0) is 9.97. The first-order valence-electron chi connectivity index (χ1n) is 5.08. The minimum atomic E-state index is 0.234. The lowest BCUT2D eigenvalue weighted by Crippen LogP contribution is -2.30. The summed E-state index contributed by atoms with van der Waals surface area (Å²) in [4.78, 5) is 11.1. The van der Waals surface area contributed by atoms with Crippen LogP contribution < -0.4 is 5.32 Å². The highest BCUT2D eigenvalue weighted by atomic mass is 16.1. The predicted octanol–water partition coefficient (Wildman–Crippen LogP) is 1.85. The zero-order valence-electron chi connectivity index (χ0n) is 8.42. The molecule has 1 aliphatic rings. The van der Waals surface area contributed by atoms with Crippen LogP contribution in [-0.2, 0) is 11.2 Å². The third kappa shape index (κ3) is 1.85. The van der Waals surface area contributed by atoms with E-state index < -0.39 is 0 Å². The Bertz CT molecular complexity index is 346. The molecule has 1 aromatic rings. The molecule has 0 aliphatic carbocycles. The fourth-order valence-corrected chi connectivity index (χ4v) is 2.06. The summed E-state index contributed by atoms with van der Waals surface area (Å²) < 4.78 is 0. The molecule has 1 N–H and O–H groups in total. The van der Waals surface area contributed by atoms with Gasteiger partial charge >= 0.3 is 0 Å². The molecule has 0 aromatic heterocycles. The van der Waals surface area contributed by atoms with Gasteiger partial charge < -0.3 is 5.32 Å². The Labute approximate surface area is 84.3 Å². The number of rotatable bonds is 2. The van der Waals surface area contributed by atoms with Crippen LogP contribution >= 0.6 is 0 Å². The summed E-state index contributed by atoms with van der Waals surface area (Å²) in [7, 11) is 0. The summed E-state index contributed by atoms with van der Waals surface area (Å²) in [5.41, 5.74) is 2.69. The maximum Gasteiger partial charge on any atom is 0.131 e. The van der Waals surface area contributed by atoms with Crippen LogP contribution in [0.5, 0.6) is 0 Å². The van der Waals surface area contributed by atoms with Crippen LogP contribution in [0.3, 0.4) is 0 Å². The summed E-state index contributed by atoms with van der Waals surface area (Å²) in [5, 5.41) is 3.39. The van der Waals surface area contributed by atoms with Gasteiger partial charge in [0.1, 0.15) is 5.78 Å². The Morgan fingerprint density at radius 2 is 2.29 bits per heavy atom. The molecule has 1 heterocycles. The van der Waals surface area contributed by atoms with Crippen molar-refractivity contribution < 1.29 is 4.79 Å². The molecule has 2 heteroatoms. The number of hydrogen-bond donors (Lipinski definition) is 1. The molecule has 2 rings (SSSR count). The molecule has 0 spiro atoms. The van der Waals surface area contributed by atoms with Crippen LogP contribution in [0.15, 0.2) is 24.3 Å². The Hall–Kier alpha value is -1.15. The summed E-state index contributed by atoms with van der Waals surface area (Å²) in [6.07, 6.45) is 1.68. The molecule has 1 aliphatic heterocycles. The Morgan fingerprint density at radius 3 is 3.07 bits per heavy atom. The molecule has 2 nitrogen and oxygen atoms in total. The fraction of sp³-hybridized carbons (Fsp3) is 0.417. The van der Waals surface area contributed by atoms with Crippen LogP contribution in [0.4, 0.5) is 0 Å². The van der Waals surface area contributed by atoms with E-state index in [4.69, 9.17) is 0 Å². The van der Waals surface area contributed by atoms with Gasteiger partial charge in [0.05, 0.1) is 0 Å². The number of fused-ring (bicyclic) bond motifs is 1. The highest BCUT2D eigenvalue weighted by Gasteiger charge is 2.19. The molecular formula is C12H15NO. The minimum absolute atomic E-state index is 0.234. The molecular weight excluding hydrogens is 174 g/mol. The van der Waals surface area contributed by atoms with E-state index in [-0.39, 0.29) is 11.8 Å². The van der Waals surface area contributed by atoms with Gasteiger partial charge in [-0.15, -0.1) is 0 Å². The van der Waals surface area contributed by atoms with Crippen molar-refractivity contribution in [1.82, 2.24) is 5.32 Å². The SMILES string of the molecule is CC(=O)C[C@H]1NCCc2ccccc21. The molecule has 0 saturated heterocycles. The van der Waals surface area contributed by atoms with Crippen LogP contribution in [0.25, 0.3) is 0 Å². The predicted molar refractivity (Wildman–Crippen MR) is 56.2 cm³/mol. The molecule has 1 aromatic carbocycles. The van der Waals surface area contributed by atoms with Crippen molar-refractivity contribution in [2.45, 2.75) is 25.8 Å². The van der Waals surface area contributed by atoms with Crippen LogP contribution in [0.1, 0.15) is 30.5 Å². The van der Waals surface area contributed by atoms with Gasteiger partial charge in [-0.2, -0.15) is 0 Å². The van der Waals surface area contributed by atoms with E-state index in [1.807, 2.05) is 6.07 Å². The minimum Gasteiger partial charge on any atom is -0.309 e. The van der Waals surface area contributed by atoms with Gasteiger partial charge in [0, 0.05) is 12.5 Å². The summed E-state index contributed by atoms with van der Waals surface area (Å²) in [6, 6.07) is 8.62. The van der Waals surface area contributed by atoms with E-state index in [1.54, 1.807) is 6.92 Å². The largest absolute Gasteiger partial charge is 0.309 e. The van der Waals surface area contributed by atoms with E-state index in [1.165, 1.54) is 11.1 Å². The highest BCUT2D eigenvalue weighted by Crippen LogP contribution is 2.24. The number of benzene rings is 1. The highest BCUT2D eigenvalue weighted by molar-refractivity contribution is 5.76. The van der Waals surface area contributed by atoms with Gasteiger partial charge in [-0.1, -0.05) is 24.3 Å². The second-order valence-corrected chi connectivity index (χ2v) is 3.86. The third-order valence-corrected chi connectivity index (χ3v) is 2.71. The Kier molecular flexibility index (Phi) is 2.64. The van der Waals surface area contributed by atoms with Crippen molar-refractivity contribution in [3.05, 3.63) is 35.4 Å². The lowest BCUT2D eigenvalue weighted by atomic mass is 9.92. The Balaban J connectivity index is 2.26. The van der Waals surface area contributed by atoms with Crippen molar-refractivity contribution in [2.24, 2.45) is 0 Å². The van der Waals surface area contributed by atoms with E-state index in [0.717, 1.165) is 13.0 Å². The molecule has 14 heavy (non-hydrogen) atoms.